The van der Waals surface area contributed by atoms with Gasteiger partial charge in [-0.15, -0.1) is 0 Å². The van der Waals surface area contributed by atoms with Crippen molar-refractivity contribution >= 4 is 5.90 Å². The minimum Gasteiger partial charge on any atom is -0.473 e. The SMILES string of the molecule is CCN=C(/C=C(\C)N(C(C)C)C(C)(C)CC)OCc1cccc(F)c1F. The summed E-state index contributed by atoms with van der Waals surface area (Å²) in [7, 11) is 0. The molecule has 0 amide bonds. The second-order valence-electron chi connectivity index (χ2n) is 7.23. The van der Waals surface area contributed by atoms with Gasteiger partial charge in [-0.25, -0.2) is 8.78 Å². The highest BCUT2D eigenvalue weighted by Gasteiger charge is 2.27. The fraction of sp³-hybridized carbons (Fsp3) is 0.571. The standard InChI is InChI=1S/C21H32F2N2O/c1-8-21(6,7)25(15(3)4)16(5)13-19(24-9-2)26-14-17-11-10-12-18(22)20(17)23/h10-13,15H,8-9,14H2,1-7H3/b16-13+,24-19?. The maximum atomic E-state index is 13.8. The number of benzene rings is 1. The van der Waals surface area contributed by atoms with Crippen molar-refractivity contribution in [3.05, 3.63) is 47.2 Å². The number of hydrogen-bond acceptors (Lipinski definition) is 3. The van der Waals surface area contributed by atoms with Crippen LogP contribution in [0, 0.1) is 11.6 Å². The van der Waals surface area contributed by atoms with E-state index in [0.717, 1.165) is 18.2 Å². The molecule has 0 N–H and O–H groups in total. The summed E-state index contributed by atoms with van der Waals surface area (Å²) in [5, 5.41) is 0. The van der Waals surface area contributed by atoms with E-state index >= 15 is 0 Å². The fourth-order valence-electron chi connectivity index (χ4n) is 3.10. The lowest BCUT2D eigenvalue weighted by molar-refractivity contribution is 0.124. The number of halogens is 2. The van der Waals surface area contributed by atoms with E-state index in [1.54, 1.807) is 0 Å². The Morgan fingerprint density at radius 1 is 1.27 bits per heavy atom. The highest BCUT2D eigenvalue weighted by Crippen LogP contribution is 2.26. The van der Waals surface area contributed by atoms with Crippen LogP contribution >= 0.6 is 0 Å². The quantitative estimate of drug-likeness (QED) is 0.435. The van der Waals surface area contributed by atoms with E-state index in [1.807, 2.05) is 19.9 Å². The van der Waals surface area contributed by atoms with Gasteiger partial charge in [-0.3, -0.25) is 4.99 Å². The van der Waals surface area contributed by atoms with Crippen LogP contribution in [0.5, 0.6) is 0 Å². The summed E-state index contributed by atoms with van der Waals surface area (Å²) in [6.45, 7) is 15.3. The molecule has 0 atom stereocenters. The highest BCUT2D eigenvalue weighted by molar-refractivity contribution is 5.88. The molecule has 0 radical (unpaired) electrons. The van der Waals surface area contributed by atoms with Gasteiger partial charge in [0.2, 0.25) is 5.90 Å². The fourth-order valence-corrected chi connectivity index (χ4v) is 3.10. The molecular weight excluding hydrogens is 334 g/mol. The Hall–Kier alpha value is -1.91. The highest BCUT2D eigenvalue weighted by atomic mass is 19.2. The van der Waals surface area contributed by atoms with E-state index in [1.165, 1.54) is 12.1 Å². The summed E-state index contributed by atoms with van der Waals surface area (Å²) in [5.74, 6) is -1.33. The summed E-state index contributed by atoms with van der Waals surface area (Å²) in [6.07, 6.45) is 2.87. The summed E-state index contributed by atoms with van der Waals surface area (Å²) < 4.78 is 32.9. The maximum absolute atomic E-state index is 13.8. The topological polar surface area (TPSA) is 24.8 Å². The van der Waals surface area contributed by atoms with Crippen LogP contribution in [0.15, 0.2) is 35.0 Å². The van der Waals surface area contributed by atoms with Gasteiger partial charge >= 0.3 is 0 Å². The second kappa shape index (κ2) is 9.70. The first-order valence-corrected chi connectivity index (χ1v) is 9.21. The number of rotatable bonds is 8. The summed E-state index contributed by atoms with van der Waals surface area (Å²) in [6, 6.07) is 4.39. The van der Waals surface area contributed by atoms with Crippen molar-refractivity contribution in [1.82, 2.24) is 4.90 Å². The molecule has 0 bridgehead atoms. The zero-order chi connectivity index (χ0) is 19.9. The smallest absolute Gasteiger partial charge is 0.210 e. The van der Waals surface area contributed by atoms with Crippen LogP contribution < -0.4 is 0 Å². The van der Waals surface area contributed by atoms with E-state index in [-0.39, 0.29) is 17.7 Å². The average Bonchev–Trinajstić information content (AvgIpc) is 2.55. The molecular formula is C21H32F2N2O. The Morgan fingerprint density at radius 3 is 2.46 bits per heavy atom. The summed E-state index contributed by atoms with van der Waals surface area (Å²) in [4.78, 5) is 6.68. The molecule has 0 spiro atoms. The van der Waals surface area contributed by atoms with Gasteiger partial charge in [-0.05, 0) is 54.0 Å². The van der Waals surface area contributed by atoms with Gasteiger partial charge in [0.25, 0.3) is 0 Å². The first-order chi connectivity index (χ1) is 12.1. The Kier molecular flexibility index (Phi) is 8.25. The Labute approximate surface area is 156 Å². The Bertz CT molecular complexity index is 651. The van der Waals surface area contributed by atoms with Crippen LogP contribution in [-0.4, -0.2) is 28.9 Å². The van der Waals surface area contributed by atoms with Crippen molar-refractivity contribution in [2.45, 2.75) is 73.1 Å². The normalized spacial score (nSPS) is 13.3. The molecule has 0 saturated heterocycles. The van der Waals surface area contributed by atoms with E-state index < -0.39 is 11.6 Å². The van der Waals surface area contributed by atoms with E-state index in [0.29, 0.717) is 18.5 Å². The molecule has 3 nitrogen and oxygen atoms in total. The first-order valence-electron chi connectivity index (χ1n) is 9.21. The third-order valence-corrected chi connectivity index (χ3v) is 4.47. The van der Waals surface area contributed by atoms with Crippen molar-refractivity contribution in [3.8, 4) is 0 Å². The molecule has 1 aromatic carbocycles. The molecule has 26 heavy (non-hydrogen) atoms. The molecule has 0 aliphatic rings. The van der Waals surface area contributed by atoms with Crippen molar-refractivity contribution in [2.75, 3.05) is 6.54 Å². The average molecular weight is 366 g/mol. The second-order valence-corrected chi connectivity index (χ2v) is 7.23. The van der Waals surface area contributed by atoms with E-state index in [2.05, 4.69) is 44.5 Å². The van der Waals surface area contributed by atoms with Crippen molar-refractivity contribution in [2.24, 2.45) is 4.99 Å². The monoisotopic (exact) mass is 366 g/mol. The van der Waals surface area contributed by atoms with Gasteiger partial charge in [0.15, 0.2) is 11.6 Å². The zero-order valence-corrected chi connectivity index (χ0v) is 17.1. The molecule has 1 rings (SSSR count). The molecule has 0 saturated carbocycles. The molecule has 0 unspecified atom stereocenters. The third-order valence-electron chi connectivity index (χ3n) is 4.47. The molecule has 5 heteroatoms. The van der Waals surface area contributed by atoms with Gasteiger partial charge in [0.05, 0.1) is 0 Å². The molecule has 0 aromatic heterocycles. The summed E-state index contributed by atoms with van der Waals surface area (Å²) >= 11 is 0. The number of nitrogens with zero attached hydrogens (tertiary/aromatic N) is 2. The van der Waals surface area contributed by atoms with Crippen molar-refractivity contribution in [1.29, 1.82) is 0 Å². The van der Waals surface area contributed by atoms with Crippen LogP contribution in [0.25, 0.3) is 0 Å². The van der Waals surface area contributed by atoms with E-state index in [9.17, 15) is 8.78 Å². The number of allylic oxidation sites excluding steroid dienone is 1. The molecule has 0 aliphatic heterocycles. The number of ether oxygens (including phenoxy) is 1. The lowest BCUT2D eigenvalue weighted by Crippen LogP contribution is -2.46. The van der Waals surface area contributed by atoms with Crippen LogP contribution in [0.2, 0.25) is 0 Å². The van der Waals surface area contributed by atoms with Crippen molar-refractivity contribution in [3.63, 3.8) is 0 Å². The predicted molar refractivity (Wildman–Crippen MR) is 104 cm³/mol. The van der Waals surface area contributed by atoms with Crippen LogP contribution in [-0.2, 0) is 11.3 Å². The van der Waals surface area contributed by atoms with Gasteiger partial charge in [0.1, 0.15) is 6.61 Å². The first kappa shape index (κ1) is 22.1. The lowest BCUT2D eigenvalue weighted by Gasteiger charge is -2.43. The summed E-state index contributed by atoms with van der Waals surface area (Å²) in [5.41, 5.74) is 1.19. The van der Waals surface area contributed by atoms with Crippen LogP contribution in [0.4, 0.5) is 8.78 Å². The minimum atomic E-state index is -0.875. The Morgan fingerprint density at radius 2 is 1.92 bits per heavy atom. The third kappa shape index (κ3) is 5.82. The number of aliphatic imine (C=N–C) groups is 1. The van der Waals surface area contributed by atoms with Crippen LogP contribution in [0.1, 0.15) is 60.5 Å². The molecule has 1 aromatic rings. The maximum Gasteiger partial charge on any atom is 0.210 e. The Balaban J connectivity index is 3.04. The molecule has 146 valence electrons. The van der Waals surface area contributed by atoms with E-state index in [4.69, 9.17) is 4.74 Å². The van der Waals surface area contributed by atoms with Crippen molar-refractivity contribution < 1.29 is 13.5 Å². The molecule has 0 heterocycles. The molecule has 0 fully saturated rings. The largest absolute Gasteiger partial charge is 0.473 e. The predicted octanol–water partition coefficient (Wildman–Crippen LogP) is 5.70. The lowest BCUT2D eigenvalue weighted by atomic mass is 9.96. The molecule has 0 aliphatic carbocycles. The van der Waals surface area contributed by atoms with Crippen LogP contribution in [0.3, 0.4) is 0 Å². The van der Waals surface area contributed by atoms with Gasteiger partial charge in [-0.2, -0.15) is 0 Å². The minimum absolute atomic E-state index is 0.0132. The number of hydrogen-bond donors (Lipinski definition) is 0. The van der Waals surface area contributed by atoms with Gasteiger partial charge in [0, 0.05) is 35.5 Å². The zero-order valence-electron chi connectivity index (χ0n) is 17.1. The van der Waals surface area contributed by atoms with Gasteiger partial charge < -0.3 is 9.64 Å². The van der Waals surface area contributed by atoms with Gasteiger partial charge in [-0.1, -0.05) is 19.1 Å².